The van der Waals surface area contributed by atoms with Crippen molar-refractivity contribution in [3.05, 3.63) is 113 Å². The molecule has 0 fully saturated rings. The second-order valence-electron chi connectivity index (χ2n) is 10.8. The van der Waals surface area contributed by atoms with Crippen LogP contribution in [-0.4, -0.2) is 29.4 Å². The summed E-state index contributed by atoms with van der Waals surface area (Å²) in [5.41, 5.74) is 1.77. The van der Waals surface area contributed by atoms with Gasteiger partial charge in [0.1, 0.15) is 0 Å². The zero-order chi connectivity index (χ0) is 30.5. The number of rotatable bonds is 5. The summed E-state index contributed by atoms with van der Waals surface area (Å²) in [6.45, 7) is 1.90. The summed E-state index contributed by atoms with van der Waals surface area (Å²) in [5.74, 6) is -1.98. The van der Waals surface area contributed by atoms with E-state index < -0.39 is 34.9 Å². The van der Waals surface area contributed by atoms with E-state index in [4.69, 9.17) is 5.11 Å². The summed E-state index contributed by atoms with van der Waals surface area (Å²) in [6.07, 6.45) is -4.15. The molecule has 43 heavy (non-hydrogen) atoms. The molecule has 1 heterocycles. The van der Waals surface area contributed by atoms with E-state index in [0.29, 0.717) is 23.2 Å². The highest BCUT2D eigenvalue weighted by Gasteiger charge is 2.57. The molecule has 218 valence electrons. The van der Waals surface area contributed by atoms with Crippen LogP contribution in [0.5, 0.6) is 0 Å². The predicted molar refractivity (Wildman–Crippen MR) is 156 cm³/mol. The summed E-state index contributed by atoms with van der Waals surface area (Å²) >= 11 is 0. The number of anilines is 3. The Bertz CT molecular complexity index is 1750. The van der Waals surface area contributed by atoms with Gasteiger partial charge in [-0.2, -0.15) is 13.2 Å². The molecule has 0 aromatic heterocycles. The number of benzene rings is 4. The fourth-order valence-corrected chi connectivity index (χ4v) is 6.27. The molecule has 9 heteroatoms. The molecule has 2 amide bonds. The van der Waals surface area contributed by atoms with E-state index in [-0.39, 0.29) is 30.8 Å². The highest BCUT2D eigenvalue weighted by atomic mass is 19.4. The van der Waals surface area contributed by atoms with Crippen molar-refractivity contribution in [2.75, 3.05) is 16.3 Å². The number of hydrogen-bond acceptors (Lipinski definition) is 3. The van der Waals surface area contributed by atoms with Crippen LogP contribution in [0.1, 0.15) is 35.6 Å². The SMILES string of the molecule is CCN1C(=O)C2(CCc3cc(-c4ccc(CC(=O)O)cc4)ccc32)C(=O)N(c2ccccc2)c2cc(C(F)(F)F)ccc21. The minimum absolute atomic E-state index is 0.00428. The lowest BCUT2D eigenvalue weighted by Gasteiger charge is -2.32. The minimum atomic E-state index is -4.65. The van der Waals surface area contributed by atoms with Gasteiger partial charge < -0.3 is 10.0 Å². The Morgan fingerprint density at radius 2 is 1.56 bits per heavy atom. The van der Waals surface area contributed by atoms with Gasteiger partial charge in [0.15, 0.2) is 5.41 Å². The van der Waals surface area contributed by atoms with Gasteiger partial charge in [-0.25, -0.2) is 0 Å². The number of para-hydroxylation sites is 1. The maximum Gasteiger partial charge on any atom is 0.416 e. The first kappa shape index (κ1) is 28.2. The Hall–Kier alpha value is -4.92. The van der Waals surface area contributed by atoms with Gasteiger partial charge in [0.25, 0.3) is 5.91 Å². The first-order chi connectivity index (χ1) is 20.5. The minimum Gasteiger partial charge on any atom is -0.481 e. The van der Waals surface area contributed by atoms with Crippen LogP contribution in [0, 0.1) is 0 Å². The van der Waals surface area contributed by atoms with E-state index in [0.717, 1.165) is 28.8 Å². The number of halogens is 3. The summed E-state index contributed by atoms with van der Waals surface area (Å²) in [7, 11) is 0. The van der Waals surface area contributed by atoms with Crippen molar-refractivity contribution in [1.29, 1.82) is 0 Å². The normalized spacial score (nSPS) is 18.0. The summed E-state index contributed by atoms with van der Waals surface area (Å²) in [6, 6.07) is 24.3. The Morgan fingerprint density at radius 1 is 0.860 bits per heavy atom. The summed E-state index contributed by atoms with van der Waals surface area (Å²) in [4.78, 5) is 43.0. The van der Waals surface area contributed by atoms with Crippen molar-refractivity contribution < 1.29 is 32.7 Å². The molecule has 1 aliphatic carbocycles. The molecule has 0 saturated heterocycles. The lowest BCUT2D eigenvalue weighted by atomic mass is 9.78. The number of fused-ring (bicyclic) bond motifs is 3. The smallest absolute Gasteiger partial charge is 0.416 e. The van der Waals surface area contributed by atoms with Crippen LogP contribution in [0.25, 0.3) is 11.1 Å². The third-order valence-corrected chi connectivity index (χ3v) is 8.32. The molecule has 0 saturated carbocycles. The molecule has 6 rings (SSSR count). The number of carbonyl (C=O) groups is 3. The van der Waals surface area contributed by atoms with Crippen LogP contribution >= 0.6 is 0 Å². The largest absolute Gasteiger partial charge is 0.481 e. The van der Waals surface area contributed by atoms with Gasteiger partial charge in [0.05, 0.1) is 23.4 Å². The number of carboxylic acid groups (broad SMARTS) is 1. The molecule has 6 nitrogen and oxygen atoms in total. The number of aliphatic carboxylic acids is 1. The van der Waals surface area contributed by atoms with E-state index in [1.165, 1.54) is 15.9 Å². The van der Waals surface area contributed by atoms with E-state index >= 15 is 0 Å². The van der Waals surface area contributed by atoms with Crippen molar-refractivity contribution in [3.8, 4) is 11.1 Å². The fourth-order valence-electron chi connectivity index (χ4n) is 6.27. The Kier molecular flexibility index (Phi) is 6.83. The zero-order valence-corrected chi connectivity index (χ0v) is 23.2. The molecular formula is C34H27F3N2O4. The van der Waals surface area contributed by atoms with E-state index in [1.807, 2.05) is 24.3 Å². The first-order valence-corrected chi connectivity index (χ1v) is 13.9. The van der Waals surface area contributed by atoms with Crippen LogP contribution in [0.15, 0.2) is 91.0 Å². The molecule has 0 bridgehead atoms. The van der Waals surface area contributed by atoms with Crippen molar-refractivity contribution in [2.24, 2.45) is 0 Å². The van der Waals surface area contributed by atoms with Gasteiger partial charge in [-0.05, 0) is 77.9 Å². The second-order valence-corrected chi connectivity index (χ2v) is 10.8. The summed E-state index contributed by atoms with van der Waals surface area (Å²) in [5, 5.41) is 9.07. The predicted octanol–water partition coefficient (Wildman–Crippen LogP) is 6.91. The number of alkyl halides is 3. The van der Waals surface area contributed by atoms with E-state index in [2.05, 4.69) is 0 Å². The monoisotopic (exact) mass is 584 g/mol. The van der Waals surface area contributed by atoms with Gasteiger partial charge in [-0.3, -0.25) is 19.3 Å². The second kappa shape index (κ2) is 10.4. The maximum atomic E-state index is 14.8. The van der Waals surface area contributed by atoms with Crippen LogP contribution < -0.4 is 9.80 Å². The highest BCUT2D eigenvalue weighted by Crippen LogP contribution is 2.51. The van der Waals surface area contributed by atoms with Crippen molar-refractivity contribution in [1.82, 2.24) is 0 Å². The quantitative estimate of drug-likeness (QED) is 0.259. The number of amides is 2. The number of carboxylic acids is 1. The molecule has 1 atom stereocenters. The first-order valence-electron chi connectivity index (χ1n) is 13.9. The van der Waals surface area contributed by atoms with Gasteiger partial charge in [-0.15, -0.1) is 0 Å². The van der Waals surface area contributed by atoms with Crippen molar-refractivity contribution >= 4 is 34.8 Å². The highest BCUT2D eigenvalue weighted by molar-refractivity contribution is 6.27. The van der Waals surface area contributed by atoms with Crippen LogP contribution in [0.3, 0.4) is 0 Å². The van der Waals surface area contributed by atoms with Crippen LogP contribution in [0.2, 0.25) is 0 Å². The Labute approximate surface area is 246 Å². The number of aryl methyl sites for hydroxylation is 1. The summed E-state index contributed by atoms with van der Waals surface area (Å²) < 4.78 is 41.6. The fraction of sp³-hybridized carbons (Fsp3) is 0.206. The lowest BCUT2D eigenvalue weighted by molar-refractivity contribution is -0.138. The van der Waals surface area contributed by atoms with Crippen molar-refractivity contribution in [2.45, 2.75) is 37.8 Å². The molecule has 4 aromatic carbocycles. The number of carbonyl (C=O) groups excluding carboxylic acids is 2. The average Bonchev–Trinajstić information content (AvgIpc) is 3.35. The molecule has 1 N–H and O–H groups in total. The maximum absolute atomic E-state index is 14.8. The molecule has 0 radical (unpaired) electrons. The van der Waals surface area contributed by atoms with Gasteiger partial charge in [-0.1, -0.05) is 60.7 Å². The molecule has 4 aromatic rings. The molecule has 1 aliphatic heterocycles. The Balaban J connectivity index is 1.50. The van der Waals surface area contributed by atoms with Gasteiger partial charge in [0.2, 0.25) is 5.91 Å². The van der Waals surface area contributed by atoms with E-state index in [1.54, 1.807) is 55.5 Å². The van der Waals surface area contributed by atoms with Crippen LogP contribution in [0.4, 0.5) is 30.2 Å². The number of likely N-dealkylation sites (N-methyl/N-ethyl adjacent to an activating group) is 1. The molecule has 1 unspecified atom stereocenters. The van der Waals surface area contributed by atoms with Gasteiger partial charge >= 0.3 is 12.1 Å². The standard InChI is InChI=1S/C34H27F3N2O4/c1-2-38-28-15-13-25(34(35,36)37)20-29(28)39(26-6-4-3-5-7-26)32(43)33(31(38)42)17-16-24-19-23(12-14-27(24)33)22-10-8-21(9-11-22)18-30(40)41/h3-15,19-20H,2,16-18H2,1H3,(H,40,41). The third kappa shape index (κ3) is 4.65. The van der Waals surface area contributed by atoms with Crippen molar-refractivity contribution in [3.63, 3.8) is 0 Å². The number of hydrogen-bond donors (Lipinski definition) is 1. The Morgan fingerprint density at radius 3 is 2.21 bits per heavy atom. The lowest BCUT2D eigenvalue weighted by Crippen LogP contribution is -2.53. The molecule has 1 spiro atoms. The van der Waals surface area contributed by atoms with Crippen LogP contribution in [-0.2, 0) is 38.8 Å². The average molecular weight is 585 g/mol. The topological polar surface area (TPSA) is 77.9 Å². The molecular weight excluding hydrogens is 557 g/mol. The van der Waals surface area contributed by atoms with E-state index in [9.17, 15) is 27.6 Å². The van der Waals surface area contributed by atoms with Gasteiger partial charge in [0, 0.05) is 12.2 Å². The molecule has 2 aliphatic rings. The number of nitrogens with zero attached hydrogens (tertiary/aromatic N) is 2. The third-order valence-electron chi connectivity index (χ3n) is 8.32. The zero-order valence-electron chi connectivity index (χ0n) is 23.2.